The van der Waals surface area contributed by atoms with Crippen LogP contribution in [-0.4, -0.2) is 41.8 Å². The van der Waals surface area contributed by atoms with Crippen molar-refractivity contribution in [3.63, 3.8) is 0 Å². The van der Waals surface area contributed by atoms with E-state index in [0.29, 0.717) is 30.6 Å². The van der Waals surface area contributed by atoms with Crippen molar-refractivity contribution in [2.24, 2.45) is 0 Å². The lowest BCUT2D eigenvalue weighted by atomic mass is 9.92. The third-order valence-electron chi connectivity index (χ3n) is 5.08. The second kappa shape index (κ2) is 8.86. The first-order valence-electron chi connectivity index (χ1n) is 9.53. The molecule has 2 aromatic carbocycles. The average molecular weight is 479 g/mol. The van der Waals surface area contributed by atoms with Gasteiger partial charge in [0.2, 0.25) is 6.23 Å². The number of nitrogens with zero attached hydrogens (tertiary/aromatic N) is 1. The van der Waals surface area contributed by atoms with Crippen molar-refractivity contribution in [2.75, 3.05) is 11.4 Å². The Hall–Kier alpha value is -2.40. The maximum atomic E-state index is 13.3. The molecule has 32 heavy (non-hydrogen) atoms. The molecular formula is C21H19F6NO3S. The zero-order valence-corrected chi connectivity index (χ0v) is 17.5. The van der Waals surface area contributed by atoms with E-state index in [0.717, 1.165) is 17.8 Å². The first-order valence-corrected chi connectivity index (χ1v) is 10.4. The largest absolute Gasteiger partial charge is 0.463 e. The Balaban J connectivity index is 2.06. The lowest BCUT2D eigenvalue weighted by Crippen LogP contribution is -2.54. The Labute approximate surface area is 184 Å². The number of anilines is 1. The van der Waals surface area contributed by atoms with E-state index in [1.165, 1.54) is 4.90 Å². The normalized spacial score (nSPS) is 18.1. The predicted octanol–water partition coefficient (Wildman–Crippen LogP) is 5.29. The summed E-state index contributed by atoms with van der Waals surface area (Å²) < 4.78 is 85.6. The Bertz CT molecular complexity index is 937. The monoisotopic (exact) mass is 479 g/mol. The van der Waals surface area contributed by atoms with Gasteiger partial charge < -0.3 is 14.7 Å². The number of thioether (sulfide) groups is 1. The molecule has 0 aliphatic carbocycles. The van der Waals surface area contributed by atoms with E-state index in [4.69, 9.17) is 4.74 Å². The van der Waals surface area contributed by atoms with Crippen molar-refractivity contribution < 1.29 is 41.0 Å². The molecule has 0 amide bonds. The van der Waals surface area contributed by atoms with Gasteiger partial charge in [-0.1, -0.05) is 31.2 Å². The van der Waals surface area contributed by atoms with E-state index in [9.17, 15) is 36.2 Å². The Kier molecular flexibility index (Phi) is 6.71. The Morgan fingerprint density at radius 1 is 1.12 bits per heavy atom. The fourth-order valence-electron chi connectivity index (χ4n) is 3.35. The summed E-state index contributed by atoms with van der Waals surface area (Å²) in [4.78, 5) is 13.4. The maximum absolute atomic E-state index is 13.3. The van der Waals surface area contributed by atoms with Crippen LogP contribution in [0.4, 0.5) is 32.0 Å². The van der Waals surface area contributed by atoms with Crippen molar-refractivity contribution in [3.05, 3.63) is 54.1 Å². The lowest BCUT2D eigenvalue weighted by molar-refractivity contribution is -0.376. The molecule has 0 saturated heterocycles. The minimum Gasteiger partial charge on any atom is -0.463 e. The Morgan fingerprint density at radius 3 is 2.28 bits per heavy atom. The van der Waals surface area contributed by atoms with E-state index < -0.39 is 29.7 Å². The van der Waals surface area contributed by atoms with Crippen LogP contribution >= 0.6 is 11.8 Å². The molecule has 11 heteroatoms. The minimum absolute atomic E-state index is 0.0797. The summed E-state index contributed by atoms with van der Waals surface area (Å²) in [5.74, 6) is 0.373. The van der Waals surface area contributed by atoms with E-state index in [2.05, 4.69) is 0 Å². The molecule has 1 N–H and O–H groups in total. The Morgan fingerprint density at radius 2 is 1.75 bits per heavy atom. The van der Waals surface area contributed by atoms with Crippen LogP contribution in [-0.2, 0) is 10.4 Å². The smallest absolute Gasteiger partial charge is 0.430 e. The minimum atomic E-state index is -5.98. The number of hydrogen-bond donors (Lipinski definition) is 1. The van der Waals surface area contributed by atoms with Crippen molar-refractivity contribution in [1.82, 2.24) is 0 Å². The van der Waals surface area contributed by atoms with Crippen LogP contribution in [0.5, 0.6) is 5.75 Å². The number of ether oxygens (including phenoxy) is 1. The van der Waals surface area contributed by atoms with E-state index >= 15 is 0 Å². The maximum Gasteiger partial charge on any atom is 0.430 e. The summed E-state index contributed by atoms with van der Waals surface area (Å²) in [7, 11) is 0. The van der Waals surface area contributed by atoms with Crippen LogP contribution < -0.4 is 9.64 Å². The van der Waals surface area contributed by atoms with Crippen LogP contribution in [0.2, 0.25) is 0 Å². The summed E-state index contributed by atoms with van der Waals surface area (Å²) in [5, 5.41) is 9.51. The molecule has 2 atom stereocenters. The van der Waals surface area contributed by atoms with Crippen LogP contribution in [0, 0.1) is 0 Å². The fraction of sp³-hybridized carbons (Fsp3) is 0.381. The standard InChI is InChI=1S/C21H19F6NO3S/c1-2-15-11-28(18(12-29)31-14-6-4-3-5-7-14)16-9-8-13(10-17(16)32-15)19(30,20(22,23)24)21(25,26)27/h3-10,12,15,18,30H,2,11H2,1H3/t15-,18?/m0/s1. The lowest BCUT2D eigenvalue weighted by Gasteiger charge is -2.39. The average Bonchev–Trinajstić information content (AvgIpc) is 2.74. The van der Waals surface area contributed by atoms with Gasteiger partial charge in [-0.25, -0.2) is 0 Å². The molecule has 0 fully saturated rings. The third-order valence-corrected chi connectivity index (χ3v) is 6.48. The van der Waals surface area contributed by atoms with Crippen molar-refractivity contribution >= 4 is 23.7 Å². The van der Waals surface area contributed by atoms with Crippen molar-refractivity contribution in [3.8, 4) is 5.75 Å². The molecule has 0 radical (unpaired) electrons. The van der Waals surface area contributed by atoms with Crippen LogP contribution in [0.25, 0.3) is 0 Å². The zero-order valence-electron chi connectivity index (χ0n) is 16.7. The van der Waals surface area contributed by atoms with Gasteiger partial charge in [0.15, 0.2) is 6.29 Å². The van der Waals surface area contributed by atoms with Gasteiger partial charge in [-0.3, -0.25) is 4.79 Å². The summed E-state index contributed by atoms with van der Waals surface area (Å²) >= 11 is 1.09. The summed E-state index contributed by atoms with van der Waals surface area (Å²) in [6, 6.07) is 10.6. The molecule has 0 saturated carbocycles. The van der Waals surface area contributed by atoms with Gasteiger partial charge in [0.1, 0.15) is 5.75 Å². The van der Waals surface area contributed by atoms with Crippen molar-refractivity contribution in [2.45, 2.75) is 47.7 Å². The number of aldehydes is 1. The van der Waals surface area contributed by atoms with Gasteiger partial charge in [0.05, 0.1) is 5.69 Å². The number of rotatable bonds is 6. The van der Waals surface area contributed by atoms with Gasteiger partial charge in [0, 0.05) is 22.3 Å². The predicted molar refractivity (Wildman–Crippen MR) is 107 cm³/mol. The van der Waals surface area contributed by atoms with Gasteiger partial charge >= 0.3 is 12.4 Å². The van der Waals surface area contributed by atoms with Crippen LogP contribution in [0.1, 0.15) is 18.9 Å². The molecule has 4 nitrogen and oxygen atoms in total. The van der Waals surface area contributed by atoms with Gasteiger partial charge in [-0.05, 0) is 30.7 Å². The number of aliphatic hydroxyl groups is 1. The molecule has 1 unspecified atom stereocenters. The fourth-order valence-corrected chi connectivity index (χ4v) is 4.61. The molecule has 1 aliphatic rings. The van der Waals surface area contributed by atoms with Crippen molar-refractivity contribution in [1.29, 1.82) is 0 Å². The highest BCUT2D eigenvalue weighted by atomic mass is 32.2. The molecule has 0 aromatic heterocycles. The number of alkyl halides is 6. The number of hydrogen-bond acceptors (Lipinski definition) is 5. The van der Waals surface area contributed by atoms with E-state index in [1.807, 2.05) is 0 Å². The summed E-state index contributed by atoms with van der Waals surface area (Å²) in [6.07, 6.45) is -12.1. The van der Waals surface area contributed by atoms with Crippen LogP contribution in [0.15, 0.2) is 53.4 Å². The van der Waals surface area contributed by atoms with E-state index in [1.54, 1.807) is 37.3 Å². The molecule has 174 valence electrons. The summed E-state index contributed by atoms with van der Waals surface area (Å²) in [5.41, 5.74) is -6.13. The number of carbonyl (C=O) groups is 1. The van der Waals surface area contributed by atoms with Gasteiger partial charge in [-0.2, -0.15) is 26.3 Å². The van der Waals surface area contributed by atoms with Crippen LogP contribution in [0.3, 0.4) is 0 Å². The first kappa shape index (κ1) is 24.2. The van der Waals surface area contributed by atoms with Gasteiger partial charge in [0.25, 0.3) is 5.60 Å². The second-order valence-electron chi connectivity index (χ2n) is 7.15. The summed E-state index contributed by atoms with van der Waals surface area (Å²) in [6.45, 7) is 2.09. The topological polar surface area (TPSA) is 49.8 Å². The van der Waals surface area contributed by atoms with Gasteiger partial charge in [-0.15, -0.1) is 11.8 Å². The molecule has 3 rings (SSSR count). The molecule has 1 heterocycles. The molecule has 0 bridgehead atoms. The number of halogens is 6. The third kappa shape index (κ3) is 4.40. The number of carbonyl (C=O) groups excluding carboxylic acids is 1. The SMILES string of the molecule is CC[C@H]1CN(C(C=O)Oc2ccccc2)c2ccc(C(O)(C(F)(F)F)C(F)(F)F)cc2S1. The number of benzene rings is 2. The highest BCUT2D eigenvalue weighted by Gasteiger charge is 2.71. The zero-order chi connectivity index (χ0) is 23.7. The molecule has 0 spiro atoms. The quantitative estimate of drug-likeness (QED) is 0.451. The molecule has 2 aromatic rings. The first-order chi connectivity index (χ1) is 14.9. The molecule has 1 aliphatic heterocycles. The number of para-hydroxylation sites is 1. The highest BCUT2D eigenvalue weighted by molar-refractivity contribution is 8.00. The number of fused-ring (bicyclic) bond motifs is 1. The molecular weight excluding hydrogens is 460 g/mol. The highest BCUT2D eigenvalue weighted by Crippen LogP contribution is 2.52. The van der Waals surface area contributed by atoms with E-state index in [-0.39, 0.29) is 22.4 Å². The second-order valence-corrected chi connectivity index (χ2v) is 8.49.